The number of hydrogen-bond donors (Lipinski definition) is 3. The summed E-state index contributed by atoms with van der Waals surface area (Å²) >= 11 is 12.0. The van der Waals surface area contributed by atoms with E-state index in [4.69, 9.17) is 28.9 Å². The summed E-state index contributed by atoms with van der Waals surface area (Å²) in [5.41, 5.74) is 2.53. The fraction of sp³-hybridized carbons (Fsp3) is 0.421. The van der Waals surface area contributed by atoms with Crippen LogP contribution < -0.4 is 15.8 Å². The number of hydrogen-bond acceptors (Lipinski definition) is 6. The number of sulfonamides is 1. The van der Waals surface area contributed by atoms with Crippen LogP contribution in [0.3, 0.4) is 0 Å². The van der Waals surface area contributed by atoms with Crippen LogP contribution in [0, 0.1) is 11.3 Å². The molecule has 2 aromatic rings. The number of nitrogens with one attached hydrogen (secondary N) is 2. The first-order valence-electron chi connectivity index (χ1n) is 10.4. The van der Waals surface area contributed by atoms with Gasteiger partial charge >= 0.3 is 10.2 Å². The standard InChI is InChI=1S/C19H19Cl2F5N6O3S2/c1-36(34,35)31-18(2-3-18)9-29-16-14(19(4-5-19)17(28)33)13(8-27)30-32(16)15-11(20)6-10(7-12(15)21)37(22,23,24,25)26/h6-7,29,31H,2-5,9H2,1H3,(H2,28,33). The first kappa shape index (κ1) is 27.7. The summed E-state index contributed by atoms with van der Waals surface area (Å²) in [6, 6.07) is 1.79. The monoisotopic (exact) mass is 608 g/mol. The Hall–Kier alpha value is -2.32. The molecule has 2 saturated carbocycles. The highest BCUT2D eigenvalue weighted by molar-refractivity contribution is 8.45. The van der Waals surface area contributed by atoms with Gasteiger partial charge in [-0.3, -0.25) is 4.79 Å². The van der Waals surface area contributed by atoms with Gasteiger partial charge in [0.2, 0.25) is 15.9 Å². The fourth-order valence-electron chi connectivity index (χ4n) is 4.10. The SMILES string of the molecule is CS(=O)(=O)NC1(CNc2c(C3(C(N)=O)CC3)c(C#N)nn2-c2c(Cl)cc(S(F)(F)(F)(F)F)cc2Cl)CC1. The highest BCUT2D eigenvalue weighted by Gasteiger charge is 2.66. The molecule has 2 aliphatic carbocycles. The summed E-state index contributed by atoms with van der Waals surface area (Å²) in [5.74, 6) is -0.909. The van der Waals surface area contributed by atoms with E-state index in [1.807, 2.05) is 0 Å². The lowest BCUT2D eigenvalue weighted by atomic mass is 9.94. The Bertz CT molecular complexity index is 1480. The molecule has 0 unspecified atom stereocenters. The van der Waals surface area contributed by atoms with Crippen LogP contribution in [-0.2, 0) is 20.2 Å². The molecular weight excluding hydrogens is 590 g/mol. The average Bonchev–Trinajstić information content (AvgIpc) is 3.62. The van der Waals surface area contributed by atoms with E-state index in [-0.39, 0.29) is 48.6 Å². The van der Waals surface area contributed by atoms with Crippen LogP contribution in [0.5, 0.6) is 0 Å². The number of carbonyl (C=O) groups excluding carboxylic acids is 1. The molecule has 4 rings (SSSR count). The third kappa shape index (κ3) is 5.32. The zero-order chi connectivity index (χ0) is 27.9. The normalized spacial score (nSPS) is 19.9. The number of nitrogens with two attached hydrogens (primary N) is 1. The number of nitriles is 1. The Morgan fingerprint density at radius 1 is 1.19 bits per heavy atom. The number of benzene rings is 1. The quantitative estimate of drug-likeness (QED) is 0.352. The topological polar surface area (TPSA) is 143 Å². The van der Waals surface area contributed by atoms with Gasteiger partial charge in [0.25, 0.3) is 0 Å². The zero-order valence-electron chi connectivity index (χ0n) is 18.8. The molecule has 0 atom stereocenters. The molecule has 4 N–H and O–H groups in total. The van der Waals surface area contributed by atoms with E-state index < -0.39 is 57.7 Å². The van der Waals surface area contributed by atoms with Gasteiger partial charge < -0.3 is 11.1 Å². The van der Waals surface area contributed by atoms with Crippen molar-refractivity contribution in [1.82, 2.24) is 14.5 Å². The number of aromatic nitrogens is 2. The molecule has 0 radical (unpaired) electrons. The molecule has 0 saturated heterocycles. The van der Waals surface area contributed by atoms with Crippen molar-refractivity contribution >= 4 is 55.2 Å². The second kappa shape index (κ2) is 7.63. The second-order valence-electron chi connectivity index (χ2n) is 9.25. The summed E-state index contributed by atoms with van der Waals surface area (Å²) < 4.78 is 93.8. The van der Waals surface area contributed by atoms with Gasteiger partial charge in [-0.05, 0) is 37.8 Å². The average molecular weight is 609 g/mol. The maximum Gasteiger partial charge on any atom is 0.310 e. The van der Waals surface area contributed by atoms with Crippen molar-refractivity contribution in [2.75, 3.05) is 18.1 Å². The van der Waals surface area contributed by atoms with Gasteiger partial charge in [0.1, 0.15) is 22.5 Å². The van der Waals surface area contributed by atoms with Gasteiger partial charge in [0.05, 0.1) is 27.3 Å². The van der Waals surface area contributed by atoms with Crippen LogP contribution in [0.25, 0.3) is 5.69 Å². The van der Waals surface area contributed by atoms with Gasteiger partial charge in [0, 0.05) is 12.1 Å². The van der Waals surface area contributed by atoms with Crippen molar-refractivity contribution in [2.24, 2.45) is 5.73 Å². The Morgan fingerprint density at radius 3 is 2.11 bits per heavy atom. The summed E-state index contributed by atoms with van der Waals surface area (Å²) in [4.78, 5) is 9.98. The molecule has 2 fully saturated rings. The maximum atomic E-state index is 13.4. The first-order chi connectivity index (χ1) is 16.6. The zero-order valence-corrected chi connectivity index (χ0v) is 21.9. The molecule has 0 aliphatic heterocycles. The Labute approximate surface area is 217 Å². The summed E-state index contributed by atoms with van der Waals surface area (Å²) in [6.07, 6.45) is 2.29. The van der Waals surface area contributed by atoms with Crippen LogP contribution in [0.2, 0.25) is 10.0 Å². The maximum absolute atomic E-state index is 13.4. The van der Waals surface area contributed by atoms with E-state index in [1.165, 1.54) is 0 Å². The number of amides is 1. The Balaban J connectivity index is 1.90. The minimum Gasteiger partial charge on any atom is -0.369 e. The largest absolute Gasteiger partial charge is 0.369 e. The van der Waals surface area contributed by atoms with Gasteiger partial charge in [-0.1, -0.05) is 42.6 Å². The van der Waals surface area contributed by atoms with Crippen LogP contribution in [-0.4, -0.2) is 42.4 Å². The predicted octanol–water partition coefficient (Wildman–Crippen LogP) is 4.72. The van der Waals surface area contributed by atoms with Crippen LogP contribution in [0.1, 0.15) is 36.9 Å². The number of primary amides is 1. The molecule has 2 aliphatic rings. The molecule has 18 heteroatoms. The van der Waals surface area contributed by atoms with Gasteiger partial charge in [-0.15, -0.1) is 0 Å². The van der Waals surface area contributed by atoms with Crippen LogP contribution in [0.15, 0.2) is 17.0 Å². The fourth-order valence-corrected chi connectivity index (χ4v) is 6.62. The molecule has 1 heterocycles. The summed E-state index contributed by atoms with van der Waals surface area (Å²) in [5, 5.41) is 15.0. The number of nitrogens with zero attached hydrogens (tertiary/aromatic N) is 3. The molecule has 1 amide bonds. The van der Waals surface area contributed by atoms with Crippen LogP contribution >= 0.6 is 33.4 Å². The number of rotatable bonds is 9. The molecule has 9 nitrogen and oxygen atoms in total. The molecular formula is C19H19Cl2F5N6O3S2. The summed E-state index contributed by atoms with van der Waals surface area (Å²) in [7, 11) is -13.8. The minimum atomic E-state index is -10.2. The number of halogens is 7. The van der Waals surface area contributed by atoms with E-state index in [0.29, 0.717) is 12.8 Å². The third-order valence-electron chi connectivity index (χ3n) is 6.19. The molecule has 0 bridgehead atoms. The van der Waals surface area contributed by atoms with E-state index in [0.717, 1.165) is 10.9 Å². The molecule has 204 valence electrons. The van der Waals surface area contributed by atoms with Gasteiger partial charge in [-0.2, -0.15) is 10.4 Å². The van der Waals surface area contributed by atoms with Crippen LogP contribution in [0.4, 0.5) is 25.2 Å². The van der Waals surface area contributed by atoms with Gasteiger partial charge in [-0.25, -0.2) is 17.8 Å². The van der Waals surface area contributed by atoms with E-state index in [2.05, 4.69) is 15.1 Å². The van der Waals surface area contributed by atoms with Crippen molar-refractivity contribution in [3.63, 3.8) is 0 Å². The molecule has 37 heavy (non-hydrogen) atoms. The lowest BCUT2D eigenvalue weighted by Gasteiger charge is -2.40. The van der Waals surface area contributed by atoms with Crippen molar-refractivity contribution in [3.05, 3.63) is 33.4 Å². The second-order valence-corrected chi connectivity index (χ2v) is 14.2. The van der Waals surface area contributed by atoms with E-state index >= 15 is 0 Å². The highest BCUT2D eigenvalue weighted by Crippen LogP contribution is 3.02. The third-order valence-corrected chi connectivity index (χ3v) is 8.70. The Morgan fingerprint density at radius 2 is 1.73 bits per heavy atom. The number of carbonyl (C=O) groups is 1. The van der Waals surface area contributed by atoms with Crippen molar-refractivity contribution in [1.29, 1.82) is 5.26 Å². The lowest BCUT2D eigenvalue weighted by molar-refractivity contribution is -0.120. The van der Waals surface area contributed by atoms with Gasteiger partial charge in [0.15, 0.2) is 5.69 Å². The molecule has 1 aromatic heterocycles. The summed E-state index contributed by atoms with van der Waals surface area (Å²) in [6.45, 7) is -0.0861. The van der Waals surface area contributed by atoms with Crippen molar-refractivity contribution in [3.8, 4) is 11.8 Å². The lowest BCUT2D eigenvalue weighted by Crippen LogP contribution is -2.41. The van der Waals surface area contributed by atoms with E-state index in [9.17, 15) is 37.9 Å². The number of anilines is 1. The smallest absolute Gasteiger partial charge is 0.310 e. The van der Waals surface area contributed by atoms with Crippen molar-refractivity contribution in [2.45, 2.75) is 41.5 Å². The molecule has 0 spiro atoms. The van der Waals surface area contributed by atoms with E-state index in [1.54, 1.807) is 6.07 Å². The Kier molecular flexibility index (Phi) is 5.71. The minimum absolute atomic E-state index is 0.00389. The first-order valence-corrected chi connectivity index (χ1v) is 15.0. The van der Waals surface area contributed by atoms with Crippen molar-refractivity contribution < 1.29 is 32.6 Å². The highest BCUT2D eigenvalue weighted by atomic mass is 35.5. The predicted molar refractivity (Wildman–Crippen MR) is 128 cm³/mol. The molecule has 1 aromatic carbocycles.